The Labute approximate surface area is 165 Å². The normalized spacial score (nSPS) is 24.9. The summed E-state index contributed by atoms with van der Waals surface area (Å²) in [5, 5.41) is 0. The maximum absolute atomic E-state index is 13.2. The van der Waals surface area contributed by atoms with Crippen LogP contribution >= 0.6 is 11.3 Å². The van der Waals surface area contributed by atoms with Crippen LogP contribution in [0.4, 0.5) is 0 Å². The number of likely N-dealkylation sites (tertiary alicyclic amines) is 1. The van der Waals surface area contributed by atoms with Crippen LogP contribution in [0.25, 0.3) is 10.2 Å². The molecule has 6 nitrogen and oxygen atoms in total. The lowest BCUT2D eigenvalue weighted by atomic mass is 9.92. The van der Waals surface area contributed by atoms with E-state index in [1.54, 1.807) is 29.1 Å². The van der Waals surface area contributed by atoms with Crippen LogP contribution in [0.15, 0.2) is 28.6 Å². The van der Waals surface area contributed by atoms with Crippen LogP contribution in [-0.4, -0.2) is 69.0 Å². The molecule has 2 fully saturated rings. The fourth-order valence-corrected chi connectivity index (χ4v) is 6.73. The lowest BCUT2D eigenvalue weighted by Gasteiger charge is -2.21. The number of rotatable bonds is 6. The van der Waals surface area contributed by atoms with E-state index in [9.17, 15) is 8.42 Å². The topological polar surface area (TPSA) is 62.7 Å². The van der Waals surface area contributed by atoms with Gasteiger partial charge in [-0.2, -0.15) is 4.31 Å². The molecule has 0 saturated carbocycles. The molecule has 1 aromatic carbocycles. The van der Waals surface area contributed by atoms with Gasteiger partial charge in [-0.15, -0.1) is 11.3 Å². The first-order valence-electron chi connectivity index (χ1n) is 9.62. The molecule has 2 atom stereocenters. The molecule has 0 radical (unpaired) electrons. The van der Waals surface area contributed by atoms with Crippen molar-refractivity contribution in [3.63, 3.8) is 0 Å². The second kappa shape index (κ2) is 8.13. The van der Waals surface area contributed by atoms with E-state index in [1.807, 2.05) is 6.07 Å². The summed E-state index contributed by atoms with van der Waals surface area (Å²) >= 11 is 1.48. The Morgan fingerprint density at radius 2 is 1.96 bits per heavy atom. The lowest BCUT2D eigenvalue weighted by molar-refractivity contribution is 0.172. The van der Waals surface area contributed by atoms with Crippen LogP contribution < -0.4 is 0 Å². The van der Waals surface area contributed by atoms with Gasteiger partial charge in [0.1, 0.15) is 0 Å². The first kappa shape index (κ1) is 19.3. The molecule has 2 saturated heterocycles. The minimum Gasteiger partial charge on any atom is -0.385 e. The van der Waals surface area contributed by atoms with E-state index >= 15 is 0 Å². The number of nitrogens with zero attached hydrogens (tertiary/aromatic N) is 3. The summed E-state index contributed by atoms with van der Waals surface area (Å²) in [6.07, 6.45) is 3.22. The van der Waals surface area contributed by atoms with Gasteiger partial charge in [0.25, 0.3) is 0 Å². The third-order valence-corrected chi connectivity index (χ3v) is 8.56. The molecule has 0 aliphatic carbocycles. The molecular weight excluding hydrogens is 382 g/mol. The van der Waals surface area contributed by atoms with Gasteiger partial charge in [0.05, 0.1) is 20.6 Å². The van der Waals surface area contributed by atoms with Gasteiger partial charge in [-0.25, -0.2) is 13.4 Å². The first-order valence-corrected chi connectivity index (χ1v) is 11.9. The highest BCUT2D eigenvalue weighted by Crippen LogP contribution is 2.35. The Balaban J connectivity index is 1.42. The minimum absolute atomic E-state index is 0.400. The van der Waals surface area contributed by atoms with E-state index in [4.69, 9.17) is 4.74 Å². The Bertz CT molecular complexity index is 867. The molecule has 27 heavy (non-hydrogen) atoms. The van der Waals surface area contributed by atoms with Crippen molar-refractivity contribution >= 4 is 31.6 Å². The SMILES string of the molecule is COCCCN1CC[C@@H]2CN(S(=O)(=O)c3ccc4ncsc4c3)C[C@@H]2CC1. The van der Waals surface area contributed by atoms with Gasteiger partial charge in [-0.3, -0.25) is 0 Å². The Hall–Kier alpha value is -1.06. The van der Waals surface area contributed by atoms with Crippen molar-refractivity contribution < 1.29 is 13.2 Å². The van der Waals surface area contributed by atoms with E-state index in [0.717, 1.165) is 55.7 Å². The molecule has 0 N–H and O–H groups in total. The average Bonchev–Trinajstić information content (AvgIpc) is 3.26. The minimum atomic E-state index is -3.43. The number of thiazole rings is 1. The molecule has 8 heteroatoms. The van der Waals surface area contributed by atoms with E-state index in [2.05, 4.69) is 9.88 Å². The fraction of sp³-hybridized carbons (Fsp3) is 0.632. The summed E-state index contributed by atoms with van der Waals surface area (Å²) in [4.78, 5) is 7.15. The molecule has 0 spiro atoms. The van der Waals surface area contributed by atoms with Gasteiger partial charge < -0.3 is 9.64 Å². The molecule has 4 rings (SSSR count). The molecule has 0 bridgehead atoms. The number of aromatic nitrogens is 1. The highest BCUT2D eigenvalue weighted by molar-refractivity contribution is 7.89. The van der Waals surface area contributed by atoms with Gasteiger partial charge >= 0.3 is 0 Å². The van der Waals surface area contributed by atoms with Crippen LogP contribution in [0.5, 0.6) is 0 Å². The first-order chi connectivity index (χ1) is 13.1. The molecule has 0 amide bonds. The van der Waals surface area contributed by atoms with E-state index < -0.39 is 10.0 Å². The zero-order valence-corrected chi connectivity index (χ0v) is 17.3. The van der Waals surface area contributed by atoms with Crippen molar-refractivity contribution in [1.29, 1.82) is 0 Å². The molecule has 2 aliphatic heterocycles. The lowest BCUT2D eigenvalue weighted by Crippen LogP contribution is -2.31. The van der Waals surface area contributed by atoms with Crippen LogP contribution in [0.2, 0.25) is 0 Å². The number of sulfonamides is 1. The number of methoxy groups -OCH3 is 1. The van der Waals surface area contributed by atoms with Gasteiger partial charge in [0.2, 0.25) is 10.0 Å². The predicted molar refractivity (Wildman–Crippen MR) is 108 cm³/mol. The fourth-order valence-electron chi connectivity index (χ4n) is 4.36. The third kappa shape index (κ3) is 4.05. The second-order valence-corrected chi connectivity index (χ2v) is 10.4. The van der Waals surface area contributed by atoms with E-state index in [-0.39, 0.29) is 0 Å². The van der Waals surface area contributed by atoms with Crippen LogP contribution in [0.3, 0.4) is 0 Å². The maximum atomic E-state index is 13.2. The highest BCUT2D eigenvalue weighted by Gasteiger charge is 2.40. The van der Waals surface area contributed by atoms with E-state index in [0.29, 0.717) is 29.8 Å². The third-order valence-electron chi connectivity index (χ3n) is 5.94. The van der Waals surface area contributed by atoms with E-state index in [1.165, 1.54) is 11.3 Å². The molecule has 2 aliphatic rings. The largest absolute Gasteiger partial charge is 0.385 e. The van der Waals surface area contributed by atoms with Crippen molar-refractivity contribution in [3.8, 4) is 0 Å². The van der Waals surface area contributed by atoms with Crippen molar-refractivity contribution in [2.24, 2.45) is 11.8 Å². The maximum Gasteiger partial charge on any atom is 0.243 e. The molecule has 3 heterocycles. The summed E-state index contributed by atoms with van der Waals surface area (Å²) in [7, 11) is -1.68. The molecule has 148 valence electrons. The summed E-state index contributed by atoms with van der Waals surface area (Å²) in [6, 6.07) is 5.28. The number of benzene rings is 1. The Morgan fingerprint density at radius 3 is 2.67 bits per heavy atom. The van der Waals surface area contributed by atoms with Crippen molar-refractivity contribution in [2.75, 3.05) is 46.4 Å². The second-order valence-electron chi connectivity index (χ2n) is 7.59. The number of ether oxygens (including phenoxy) is 1. The van der Waals surface area contributed by atoms with Crippen molar-refractivity contribution in [3.05, 3.63) is 23.7 Å². The van der Waals surface area contributed by atoms with Gasteiger partial charge in [-0.1, -0.05) is 0 Å². The molecule has 1 aromatic heterocycles. The van der Waals surface area contributed by atoms with Crippen LogP contribution in [-0.2, 0) is 14.8 Å². The molecule has 0 unspecified atom stereocenters. The number of hydrogen-bond donors (Lipinski definition) is 0. The smallest absolute Gasteiger partial charge is 0.243 e. The zero-order valence-electron chi connectivity index (χ0n) is 15.7. The highest BCUT2D eigenvalue weighted by atomic mass is 32.2. The summed E-state index contributed by atoms with van der Waals surface area (Å²) in [5.41, 5.74) is 2.62. The summed E-state index contributed by atoms with van der Waals surface area (Å²) < 4.78 is 34.1. The average molecular weight is 410 g/mol. The molecule has 2 aromatic rings. The Morgan fingerprint density at radius 1 is 1.22 bits per heavy atom. The van der Waals surface area contributed by atoms with Gasteiger partial charge in [0.15, 0.2) is 0 Å². The zero-order chi connectivity index (χ0) is 18.9. The van der Waals surface area contributed by atoms with Crippen LogP contribution in [0.1, 0.15) is 19.3 Å². The summed E-state index contributed by atoms with van der Waals surface area (Å²) in [5.74, 6) is 0.943. The van der Waals surface area contributed by atoms with Crippen molar-refractivity contribution in [2.45, 2.75) is 24.2 Å². The quantitative estimate of drug-likeness (QED) is 0.687. The summed E-state index contributed by atoms with van der Waals surface area (Å²) in [6.45, 7) is 5.31. The Kier molecular flexibility index (Phi) is 5.80. The molecular formula is C19H27N3O3S2. The number of hydrogen-bond acceptors (Lipinski definition) is 6. The standard InChI is InChI=1S/C19H27N3O3S2/c1-25-10-2-7-21-8-5-15-12-22(13-16(15)6-9-21)27(23,24)17-3-4-18-19(11-17)26-14-20-18/h3-4,11,14-16H,2,5-10,12-13H2,1H3/t15-,16+. The van der Waals surface area contributed by atoms with Crippen LogP contribution in [0, 0.1) is 11.8 Å². The van der Waals surface area contributed by atoms with Gasteiger partial charge in [-0.05, 0) is 62.4 Å². The number of fused-ring (bicyclic) bond motifs is 2. The predicted octanol–water partition coefficient (Wildman–Crippen LogP) is 2.67. The van der Waals surface area contributed by atoms with Gasteiger partial charge in [0, 0.05) is 33.4 Å². The monoisotopic (exact) mass is 409 g/mol. The van der Waals surface area contributed by atoms with Crippen molar-refractivity contribution in [1.82, 2.24) is 14.2 Å².